The summed E-state index contributed by atoms with van der Waals surface area (Å²) in [6.07, 6.45) is -2.19. The summed E-state index contributed by atoms with van der Waals surface area (Å²) in [7, 11) is 0. The topological polar surface area (TPSA) is 79.6 Å². The first-order valence-electron chi connectivity index (χ1n) is 11.9. The van der Waals surface area contributed by atoms with Crippen LogP contribution in [0.4, 0.5) is 19.1 Å². The zero-order valence-corrected chi connectivity index (χ0v) is 21.0. The lowest BCUT2D eigenvalue weighted by molar-refractivity contribution is -0.146. The third kappa shape index (κ3) is 4.91. The van der Waals surface area contributed by atoms with Crippen molar-refractivity contribution in [2.45, 2.75) is 26.6 Å². The number of ether oxygens (including phenoxy) is 1. The first-order valence-corrected chi connectivity index (χ1v) is 12.8. The van der Waals surface area contributed by atoms with E-state index in [1.165, 1.54) is 17.5 Å². The van der Waals surface area contributed by atoms with Gasteiger partial charge >= 0.3 is 6.18 Å². The van der Waals surface area contributed by atoms with Crippen molar-refractivity contribution in [3.8, 4) is 5.82 Å². The molecule has 5 rings (SSSR count). The van der Waals surface area contributed by atoms with E-state index in [1.54, 1.807) is 0 Å². The number of morpholine rings is 1. The SMILES string of the molecule is CC(C)C(=O)N1CCN(Cc2csc3c(-n4ccnc4C(F)(F)F)nc(N4CCOCC4)nc23)CC1. The van der Waals surface area contributed by atoms with Crippen LogP contribution < -0.4 is 4.90 Å². The van der Waals surface area contributed by atoms with Crippen LogP contribution in [0.2, 0.25) is 0 Å². The molecule has 3 aromatic heterocycles. The van der Waals surface area contributed by atoms with Crippen molar-refractivity contribution in [1.82, 2.24) is 29.3 Å². The summed E-state index contributed by atoms with van der Waals surface area (Å²) in [4.78, 5) is 31.4. The molecule has 0 spiro atoms. The number of carbonyl (C=O) groups excluding carboxylic acids is 1. The Morgan fingerprint density at radius 2 is 1.83 bits per heavy atom. The van der Waals surface area contributed by atoms with Crippen LogP contribution in [0.3, 0.4) is 0 Å². The highest BCUT2D eigenvalue weighted by atomic mass is 32.1. The van der Waals surface area contributed by atoms with Gasteiger partial charge in [0.1, 0.15) is 0 Å². The number of amides is 1. The summed E-state index contributed by atoms with van der Waals surface area (Å²) in [5.74, 6) is -0.333. The minimum absolute atomic E-state index is 0.0316. The number of carbonyl (C=O) groups is 1. The Morgan fingerprint density at radius 3 is 2.50 bits per heavy atom. The lowest BCUT2D eigenvalue weighted by atomic mass is 10.1. The Morgan fingerprint density at radius 1 is 1.11 bits per heavy atom. The molecule has 0 unspecified atom stereocenters. The maximum Gasteiger partial charge on any atom is 0.450 e. The third-order valence-corrected chi connectivity index (χ3v) is 7.46. The maximum absolute atomic E-state index is 13.7. The van der Waals surface area contributed by atoms with Crippen LogP contribution in [-0.2, 0) is 22.3 Å². The summed E-state index contributed by atoms with van der Waals surface area (Å²) in [5.41, 5.74) is 1.58. The minimum Gasteiger partial charge on any atom is -0.378 e. The van der Waals surface area contributed by atoms with Gasteiger partial charge in [-0.2, -0.15) is 18.2 Å². The van der Waals surface area contributed by atoms with Crippen LogP contribution in [0.1, 0.15) is 25.2 Å². The number of hydrogen-bond acceptors (Lipinski definition) is 8. The van der Waals surface area contributed by atoms with Crippen LogP contribution >= 0.6 is 11.3 Å². The van der Waals surface area contributed by atoms with E-state index in [2.05, 4.69) is 14.9 Å². The normalized spacial score (nSPS) is 17.9. The van der Waals surface area contributed by atoms with Crippen molar-refractivity contribution >= 4 is 33.4 Å². The number of nitrogens with zero attached hydrogens (tertiary/aromatic N) is 7. The van der Waals surface area contributed by atoms with E-state index >= 15 is 0 Å². The number of fused-ring (bicyclic) bond motifs is 1. The van der Waals surface area contributed by atoms with E-state index in [-0.39, 0.29) is 17.6 Å². The van der Waals surface area contributed by atoms with E-state index in [9.17, 15) is 18.0 Å². The molecule has 1 amide bonds. The molecule has 2 saturated heterocycles. The quantitative estimate of drug-likeness (QED) is 0.509. The van der Waals surface area contributed by atoms with Crippen molar-refractivity contribution in [3.63, 3.8) is 0 Å². The van der Waals surface area contributed by atoms with Crippen molar-refractivity contribution in [2.24, 2.45) is 5.92 Å². The number of anilines is 1. The standard InChI is InChI=1S/C23H28F3N7O2S/c1-15(2)20(34)31-7-5-30(6-8-31)13-16-14-36-18-17(16)28-22(32-9-11-35-12-10-32)29-19(18)33-4-3-27-21(33)23(24,25)26/h3-4,14-15H,5-13H2,1-2H3. The van der Waals surface area contributed by atoms with Gasteiger partial charge in [0.2, 0.25) is 17.7 Å². The molecular formula is C23H28F3N7O2S. The van der Waals surface area contributed by atoms with Gasteiger partial charge in [-0.25, -0.2) is 9.97 Å². The van der Waals surface area contributed by atoms with Crippen LogP contribution in [0.25, 0.3) is 16.0 Å². The maximum atomic E-state index is 13.7. The number of hydrogen-bond donors (Lipinski definition) is 0. The first kappa shape index (κ1) is 24.9. The van der Waals surface area contributed by atoms with Gasteiger partial charge in [-0.3, -0.25) is 14.3 Å². The van der Waals surface area contributed by atoms with Crippen LogP contribution in [0.15, 0.2) is 17.8 Å². The fourth-order valence-corrected chi connectivity index (χ4v) is 5.52. The molecule has 2 fully saturated rings. The molecule has 0 atom stereocenters. The Labute approximate surface area is 210 Å². The number of imidazole rings is 1. The van der Waals surface area contributed by atoms with Gasteiger partial charge in [-0.15, -0.1) is 11.3 Å². The van der Waals surface area contributed by atoms with Crippen molar-refractivity contribution in [2.75, 3.05) is 57.4 Å². The summed E-state index contributed by atoms with van der Waals surface area (Å²) in [6, 6.07) is 0. The highest BCUT2D eigenvalue weighted by Gasteiger charge is 2.37. The molecule has 2 aliphatic heterocycles. The fraction of sp³-hybridized carbons (Fsp3) is 0.565. The second-order valence-corrected chi connectivity index (χ2v) is 10.1. The number of alkyl halides is 3. The number of rotatable bonds is 5. The molecule has 2 aliphatic rings. The van der Waals surface area contributed by atoms with E-state index in [0.717, 1.165) is 29.4 Å². The number of piperazine rings is 1. The van der Waals surface area contributed by atoms with Crippen molar-refractivity contribution < 1.29 is 22.7 Å². The van der Waals surface area contributed by atoms with Crippen molar-refractivity contribution in [1.29, 1.82) is 0 Å². The minimum atomic E-state index is -4.62. The Balaban J connectivity index is 1.49. The molecule has 0 bridgehead atoms. The predicted octanol–water partition coefficient (Wildman–Crippen LogP) is 3.03. The second kappa shape index (κ2) is 9.94. The van der Waals surface area contributed by atoms with E-state index in [1.807, 2.05) is 29.0 Å². The van der Waals surface area contributed by atoms with Gasteiger partial charge < -0.3 is 14.5 Å². The molecule has 0 N–H and O–H groups in total. The van der Waals surface area contributed by atoms with E-state index < -0.39 is 12.0 Å². The van der Waals surface area contributed by atoms with Crippen molar-refractivity contribution in [3.05, 3.63) is 29.2 Å². The predicted molar refractivity (Wildman–Crippen MR) is 129 cm³/mol. The number of aromatic nitrogens is 4. The van der Waals surface area contributed by atoms with Crippen LogP contribution in [0.5, 0.6) is 0 Å². The molecule has 5 heterocycles. The van der Waals surface area contributed by atoms with Gasteiger partial charge in [0.05, 0.1) is 23.4 Å². The molecule has 0 aliphatic carbocycles. The molecule has 0 saturated carbocycles. The summed E-state index contributed by atoms with van der Waals surface area (Å²) < 4.78 is 48.1. The first-order chi connectivity index (χ1) is 17.2. The van der Waals surface area contributed by atoms with Gasteiger partial charge in [0, 0.05) is 69.7 Å². The zero-order chi connectivity index (χ0) is 25.4. The molecule has 3 aromatic rings. The Kier molecular flexibility index (Phi) is 6.88. The zero-order valence-electron chi connectivity index (χ0n) is 20.2. The van der Waals surface area contributed by atoms with Gasteiger partial charge in [0.25, 0.3) is 0 Å². The highest BCUT2D eigenvalue weighted by Crippen LogP contribution is 2.35. The monoisotopic (exact) mass is 523 g/mol. The molecule has 0 aromatic carbocycles. The average Bonchev–Trinajstić information content (AvgIpc) is 3.52. The highest BCUT2D eigenvalue weighted by molar-refractivity contribution is 7.17. The summed E-state index contributed by atoms with van der Waals surface area (Å²) in [6.45, 7) is 9.30. The van der Waals surface area contributed by atoms with Crippen LogP contribution in [0, 0.1) is 5.92 Å². The molecule has 9 nitrogen and oxygen atoms in total. The molecule has 0 radical (unpaired) electrons. The number of halogens is 3. The third-order valence-electron chi connectivity index (χ3n) is 6.45. The molecular weight excluding hydrogens is 495 g/mol. The van der Waals surface area contributed by atoms with E-state index in [4.69, 9.17) is 9.72 Å². The molecule has 194 valence electrons. The Bertz CT molecular complexity index is 1230. The number of thiophene rings is 1. The van der Waals surface area contributed by atoms with Gasteiger partial charge in [0.15, 0.2) is 5.82 Å². The summed E-state index contributed by atoms with van der Waals surface area (Å²) in [5, 5.41) is 1.95. The Hall–Kier alpha value is -2.77. The molecule has 36 heavy (non-hydrogen) atoms. The van der Waals surface area contributed by atoms with E-state index in [0.29, 0.717) is 62.1 Å². The van der Waals surface area contributed by atoms with Gasteiger partial charge in [-0.1, -0.05) is 13.8 Å². The molecule has 13 heteroatoms. The lowest BCUT2D eigenvalue weighted by Gasteiger charge is -2.35. The average molecular weight is 524 g/mol. The smallest absolute Gasteiger partial charge is 0.378 e. The summed E-state index contributed by atoms with van der Waals surface area (Å²) >= 11 is 1.34. The lowest BCUT2D eigenvalue weighted by Crippen LogP contribution is -2.49. The van der Waals surface area contributed by atoms with Crippen LogP contribution in [-0.4, -0.2) is 87.7 Å². The largest absolute Gasteiger partial charge is 0.450 e. The fourth-order valence-electron chi connectivity index (χ4n) is 4.54. The van der Waals surface area contributed by atoms with Gasteiger partial charge in [-0.05, 0) is 5.38 Å². The second-order valence-electron chi connectivity index (χ2n) is 9.26.